The fourth-order valence-electron chi connectivity index (χ4n) is 1.86. The minimum absolute atomic E-state index is 0.214. The Kier molecular flexibility index (Phi) is 2.21. The van der Waals surface area contributed by atoms with Gasteiger partial charge in [-0.25, -0.2) is 8.78 Å². The highest BCUT2D eigenvalue weighted by atomic mass is 19.3. The van der Waals surface area contributed by atoms with Crippen LogP contribution in [0.1, 0.15) is 19.3 Å². The molecule has 0 bridgehead atoms. The minimum atomic E-state index is -2.79. The van der Waals surface area contributed by atoms with Gasteiger partial charge in [-0.15, -0.1) is 0 Å². The van der Waals surface area contributed by atoms with Crippen molar-refractivity contribution < 1.29 is 18.7 Å². The van der Waals surface area contributed by atoms with Gasteiger partial charge in [-0.2, -0.15) is 0 Å². The molecule has 0 aromatic rings. The molecule has 2 fully saturated rings. The average molecular weight is 205 g/mol. The van der Waals surface area contributed by atoms with Crippen LogP contribution in [-0.2, 0) is 4.79 Å². The van der Waals surface area contributed by atoms with Crippen LogP contribution in [0.15, 0.2) is 0 Å². The molecule has 14 heavy (non-hydrogen) atoms. The first kappa shape index (κ1) is 9.83. The first-order valence-corrected chi connectivity index (χ1v) is 4.85. The number of carbonyl (C=O) groups is 1. The van der Waals surface area contributed by atoms with Crippen molar-refractivity contribution in [3.05, 3.63) is 0 Å². The molecule has 5 heteroatoms. The molecule has 1 saturated heterocycles. The molecule has 2 rings (SSSR count). The van der Waals surface area contributed by atoms with E-state index in [1.807, 2.05) is 0 Å². The smallest absolute Gasteiger partial charge is 0.260 e. The molecule has 2 atom stereocenters. The molecule has 1 aliphatic heterocycles. The van der Waals surface area contributed by atoms with Gasteiger partial charge in [0.15, 0.2) is 0 Å². The predicted molar refractivity (Wildman–Crippen MR) is 44.9 cm³/mol. The molecular weight excluding hydrogens is 192 g/mol. The lowest BCUT2D eigenvalue weighted by atomic mass is 10.1. The van der Waals surface area contributed by atoms with E-state index < -0.39 is 23.9 Å². The van der Waals surface area contributed by atoms with Gasteiger partial charge in [0.25, 0.3) is 5.92 Å². The Hall–Kier alpha value is -0.710. The summed E-state index contributed by atoms with van der Waals surface area (Å²) in [5.41, 5.74) is 0. The number of aliphatic hydroxyl groups excluding tert-OH is 1. The van der Waals surface area contributed by atoms with Gasteiger partial charge in [0, 0.05) is 19.5 Å². The Morgan fingerprint density at radius 2 is 2.14 bits per heavy atom. The van der Waals surface area contributed by atoms with Crippen molar-refractivity contribution in [1.29, 1.82) is 0 Å². The molecule has 3 nitrogen and oxygen atoms in total. The lowest BCUT2D eigenvalue weighted by molar-refractivity contribution is -0.137. The van der Waals surface area contributed by atoms with E-state index in [1.54, 1.807) is 0 Å². The van der Waals surface area contributed by atoms with E-state index in [0.717, 1.165) is 0 Å². The number of halogens is 2. The van der Waals surface area contributed by atoms with E-state index >= 15 is 0 Å². The van der Waals surface area contributed by atoms with Gasteiger partial charge in [0.1, 0.15) is 5.92 Å². The van der Waals surface area contributed by atoms with Gasteiger partial charge < -0.3 is 10.0 Å². The van der Waals surface area contributed by atoms with E-state index in [-0.39, 0.29) is 13.0 Å². The van der Waals surface area contributed by atoms with E-state index in [1.165, 1.54) is 4.90 Å². The largest absolute Gasteiger partial charge is 0.391 e. The van der Waals surface area contributed by atoms with Crippen LogP contribution in [0.4, 0.5) is 8.78 Å². The number of piperidine rings is 1. The third-order valence-corrected chi connectivity index (χ3v) is 2.83. The van der Waals surface area contributed by atoms with E-state index in [0.29, 0.717) is 19.4 Å². The first-order valence-electron chi connectivity index (χ1n) is 4.85. The van der Waals surface area contributed by atoms with Gasteiger partial charge in [-0.05, 0) is 12.8 Å². The second-order valence-corrected chi connectivity index (χ2v) is 4.10. The monoisotopic (exact) mass is 205 g/mol. The summed E-state index contributed by atoms with van der Waals surface area (Å²) in [5, 5.41) is 9.28. The van der Waals surface area contributed by atoms with Gasteiger partial charge in [0.2, 0.25) is 5.91 Å². The maximum Gasteiger partial charge on any atom is 0.260 e. The van der Waals surface area contributed by atoms with E-state index in [4.69, 9.17) is 0 Å². The van der Waals surface area contributed by atoms with Gasteiger partial charge in [0.05, 0.1) is 6.10 Å². The topological polar surface area (TPSA) is 40.5 Å². The number of β-amino-alcohol motifs (C(OH)–C–C–N with tert-alkyl or cyclic N) is 1. The molecule has 0 spiro atoms. The van der Waals surface area contributed by atoms with Crippen LogP contribution in [0, 0.1) is 5.92 Å². The van der Waals surface area contributed by atoms with Crippen molar-refractivity contribution in [2.45, 2.75) is 31.3 Å². The van der Waals surface area contributed by atoms with Crippen LogP contribution in [0.2, 0.25) is 0 Å². The van der Waals surface area contributed by atoms with Crippen LogP contribution in [0.3, 0.4) is 0 Å². The van der Waals surface area contributed by atoms with Crippen molar-refractivity contribution in [3.8, 4) is 0 Å². The zero-order chi connectivity index (χ0) is 10.3. The fraction of sp³-hybridized carbons (Fsp3) is 0.889. The Morgan fingerprint density at radius 1 is 1.50 bits per heavy atom. The van der Waals surface area contributed by atoms with Crippen molar-refractivity contribution in [3.63, 3.8) is 0 Å². The zero-order valence-electron chi connectivity index (χ0n) is 7.75. The van der Waals surface area contributed by atoms with Crippen molar-refractivity contribution in [1.82, 2.24) is 4.90 Å². The predicted octanol–water partition coefficient (Wildman–Crippen LogP) is 0.625. The van der Waals surface area contributed by atoms with Crippen LogP contribution in [-0.4, -0.2) is 41.0 Å². The molecular formula is C9H13F2NO2. The molecule has 1 N–H and O–H groups in total. The number of likely N-dealkylation sites (tertiary alicyclic amines) is 1. The number of alkyl halides is 2. The van der Waals surface area contributed by atoms with Crippen LogP contribution < -0.4 is 0 Å². The Bertz CT molecular complexity index is 257. The number of hydrogen-bond acceptors (Lipinski definition) is 2. The van der Waals surface area contributed by atoms with Crippen molar-refractivity contribution in [2.75, 3.05) is 13.1 Å². The molecule has 0 aromatic heterocycles. The highest BCUT2D eigenvalue weighted by Gasteiger charge is 2.62. The first-order chi connectivity index (χ1) is 6.50. The highest BCUT2D eigenvalue weighted by Crippen LogP contribution is 2.49. The lowest BCUT2D eigenvalue weighted by Gasteiger charge is -2.30. The summed E-state index contributed by atoms with van der Waals surface area (Å²) < 4.78 is 25.2. The normalized spacial score (nSPS) is 35.5. The number of carbonyl (C=O) groups excluding carboxylic acids is 1. The molecule has 0 radical (unpaired) electrons. The quantitative estimate of drug-likeness (QED) is 0.682. The average Bonchev–Trinajstić information content (AvgIpc) is 2.74. The lowest BCUT2D eigenvalue weighted by Crippen LogP contribution is -2.43. The molecule has 1 saturated carbocycles. The molecule has 1 amide bonds. The molecule has 0 aromatic carbocycles. The minimum Gasteiger partial charge on any atom is -0.391 e. The molecule has 1 aliphatic carbocycles. The Labute approximate surface area is 80.7 Å². The summed E-state index contributed by atoms with van der Waals surface area (Å²) in [4.78, 5) is 12.8. The highest BCUT2D eigenvalue weighted by molar-refractivity contribution is 5.83. The summed E-state index contributed by atoms with van der Waals surface area (Å²) in [6, 6.07) is 0. The second kappa shape index (κ2) is 3.15. The summed E-state index contributed by atoms with van der Waals surface area (Å²) in [5.74, 6) is -4.40. The SMILES string of the molecule is O=C(C1CC1(F)F)N1CCCC(O)C1. The second-order valence-electron chi connectivity index (χ2n) is 4.10. The van der Waals surface area contributed by atoms with Crippen LogP contribution >= 0.6 is 0 Å². The summed E-state index contributed by atoms with van der Waals surface area (Å²) in [6.45, 7) is 0.716. The number of rotatable bonds is 1. The van der Waals surface area contributed by atoms with E-state index in [9.17, 15) is 18.7 Å². The molecule has 80 valence electrons. The number of nitrogens with zero attached hydrogens (tertiary/aromatic N) is 1. The molecule has 2 aliphatic rings. The third kappa shape index (κ3) is 1.73. The molecule has 2 unspecified atom stereocenters. The maximum absolute atomic E-state index is 12.6. The van der Waals surface area contributed by atoms with Crippen molar-refractivity contribution in [2.24, 2.45) is 5.92 Å². The third-order valence-electron chi connectivity index (χ3n) is 2.83. The fourth-order valence-corrected chi connectivity index (χ4v) is 1.86. The number of hydrogen-bond donors (Lipinski definition) is 1. The van der Waals surface area contributed by atoms with Gasteiger partial charge in [-0.1, -0.05) is 0 Å². The molecule has 1 heterocycles. The Morgan fingerprint density at radius 3 is 2.64 bits per heavy atom. The standard InChI is InChI=1S/C9H13F2NO2/c10-9(11)4-7(9)8(14)12-3-1-2-6(13)5-12/h6-7,13H,1-5H2. The van der Waals surface area contributed by atoms with Crippen LogP contribution in [0.25, 0.3) is 0 Å². The van der Waals surface area contributed by atoms with Gasteiger partial charge >= 0.3 is 0 Å². The Balaban J connectivity index is 1.92. The maximum atomic E-state index is 12.6. The van der Waals surface area contributed by atoms with E-state index in [2.05, 4.69) is 0 Å². The summed E-state index contributed by atoms with van der Waals surface area (Å²) in [7, 11) is 0. The number of amides is 1. The van der Waals surface area contributed by atoms with Crippen LogP contribution in [0.5, 0.6) is 0 Å². The summed E-state index contributed by atoms with van der Waals surface area (Å²) >= 11 is 0. The van der Waals surface area contributed by atoms with Crippen molar-refractivity contribution >= 4 is 5.91 Å². The zero-order valence-corrected chi connectivity index (χ0v) is 7.75. The summed E-state index contributed by atoms with van der Waals surface area (Å²) in [6.07, 6.45) is 0.495. The number of aliphatic hydroxyl groups is 1. The van der Waals surface area contributed by atoms with Gasteiger partial charge in [-0.3, -0.25) is 4.79 Å².